The molecular formula is C20H23N3O3. The summed E-state index contributed by atoms with van der Waals surface area (Å²) in [4.78, 5) is 28.8. The summed E-state index contributed by atoms with van der Waals surface area (Å²) in [5.74, 6) is 0.419. The first-order valence-corrected chi connectivity index (χ1v) is 8.82. The number of ether oxygens (including phenoxy) is 1. The average Bonchev–Trinajstić information content (AvgIpc) is 2.69. The van der Waals surface area contributed by atoms with Crippen molar-refractivity contribution in [3.8, 4) is 5.75 Å². The highest BCUT2D eigenvalue weighted by Crippen LogP contribution is 2.26. The molecule has 1 aliphatic rings. The van der Waals surface area contributed by atoms with Gasteiger partial charge in [0.25, 0.3) is 5.91 Å². The van der Waals surface area contributed by atoms with Gasteiger partial charge in [-0.15, -0.1) is 0 Å². The summed E-state index contributed by atoms with van der Waals surface area (Å²) in [6.07, 6.45) is 6.38. The molecule has 1 fully saturated rings. The molecule has 2 N–H and O–H groups in total. The number of methoxy groups -OCH3 is 1. The van der Waals surface area contributed by atoms with Gasteiger partial charge in [0.05, 0.1) is 24.6 Å². The van der Waals surface area contributed by atoms with Gasteiger partial charge in [0.15, 0.2) is 0 Å². The van der Waals surface area contributed by atoms with E-state index in [1.165, 1.54) is 0 Å². The first kappa shape index (κ1) is 17.9. The fourth-order valence-corrected chi connectivity index (χ4v) is 3.28. The molecule has 0 aliphatic heterocycles. The smallest absolute Gasteiger partial charge is 0.255 e. The Bertz CT molecular complexity index is 756. The van der Waals surface area contributed by atoms with E-state index < -0.39 is 0 Å². The minimum absolute atomic E-state index is 0.0208. The standard InChI is InChI=1S/C20H23N3O3/c1-26-18-7-3-2-6-17(18)20(25)22-15-10-8-14(9-11-15)19(24)23-16-5-4-12-21-13-16/h2-7,12-15H,8-11H2,1H3,(H,22,25)(H,23,24). The van der Waals surface area contributed by atoms with E-state index in [4.69, 9.17) is 4.74 Å². The van der Waals surface area contributed by atoms with Crippen LogP contribution in [0.5, 0.6) is 5.75 Å². The summed E-state index contributed by atoms with van der Waals surface area (Å²) in [6.45, 7) is 0. The number of amides is 2. The number of para-hydroxylation sites is 1. The van der Waals surface area contributed by atoms with Gasteiger partial charge in [0.1, 0.15) is 5.75 Å². The maximum Gasteiger partial charge on any atom is 0.255 e. The quantitative estimate of drug-likeness (QED) is 0.866. The minimum atomic E-state index is -0.134. The molecule has 1 aliphatic carbocycles. The lowest BCUT2D eigenvalue weighted by atomic mass is 9.85. The fourth-order valence-electron chi connectivity index (χ4n) is 3.28. The lowest BCUT2D eigenvalue weighted by molar-refractivity contribution is -0.120. The van der Waals surface area contributed by atoms with Crippen LogP contribution in [0.3, 0.4) is 0 Å². The minimum Gasteiger partial charge on any atom is -0.496 e. The van der Waals surface area contributed by atoms with Crippen molar-refractivity contribution in [1.82, 2.24) is 10.3 Å². The van der Waals surface area contributed by atoms with Gasteiger partial charge in [-0.1, -0.05) is 12.1 Å². The normalized spacial score (nSPS) is 19.4. The molecule has 0 bridgehead atoms. The van der Waals surface area contributed by atoms with Crippen molar-refractivity contribution in [3.63, 3.8) is 0 Å². The van der Waals surface area contributed by atoms with E-state index in [2.05, 4.69) is 15.6 Å². The number of pyridine rings is 1. The van der Waals surface area contributed by atoms with E-state index in [-0.39, 0.29) is 23.8 Å². The van der Waals surface area contributed by atoms with Gasteiger partial charge in [-0.25, -0.2) is 0 Å². The Hall–Kier alpha value is -2.89. The maximum absolute atomic E-state index is 12.5. The summed E-state index contributed by atoms with van der Waals surface area (Å²) in [6, 6.07) is 10.9. The number of aromatic nitrogens is 1. The second-order valence-electron chi connectivity index (χ2n) is 6.45. The van der Waals surface area contributed by atoms with Gasteiger partial charge in [-0.3, -0.25) is 14.6 Å². The van der Waals surface area contributed by atoms with E-state index >= 15 is 0 Å². The molecule has 0 spiro atoms. The molecule has 2 amide bonds. The van der Waals surface area contributed by atoms with Crippen LogP contribution in [0.2, 0.25) is 0 Å². The fraction of sp³-hybridized carbons (Fsp3) is 0.350. The van der Waals surface area contributed by atoms with Crippen LogP contribution in [0.25, 0.3) is 0 Å². The topological polar surface area (TPSA) is 80.3 Å². The Morgan fingerprint density at radius 2 is 1.85 bits per heavy atom. The molecule has 0 saturated heterocycles. The number of benzene rings is 1. The van der Waals surface area contributed by atoms with Crippen LogP contribution in [0.1, 0.15) is 36.0 Å². The van der Waals surface area contributed by atoms with Gasteiger partial charge >= 0.3 is 0 Å². The maximum atomic E-state index is 12.5. The molecule has 0 unspecified atom stereocenters. The zero-order valence-corrected chi connectivity index (χ0v) is 14.8. The summed E-state index contributed by atoms with van der Waals surface area (Å²) < 4.78 is 5.24. The van der Waals surface area contributed by atoms with Crippen LogP contribution in [0.4, 0.5) is 5.69 Å². The van der Waals surface area contributed by atoms with Crippen molar-refractivity contribution < 1.29 is 14.3 Å². The first-order valence-electron chi connectivity index (χ1n) is 8.82. The van der Waals surface area contributed by atoms with Gasteiger partial charge in [0.2, 0.25) is 5.91 Å². The van der Waals surface area contributed by atoms with Crippen LogP contribution in [-0.2, 0) is 4.79 Å². The summed E-state index contributed by atoms with van der Waals surface area (Å²) in [7, 11) is 1.55. The second-order valence-corrected chi connectivity index (χ2v) is 6.45. The number of carbonyl (C=O) groups is 2. The van der Waals surface area contributed by atoms with Crippen molar-refractivity contribution in [1.29, 1.82) is 0 Å². The molecule has 2 aromatic rings. The van der Waals surface area contributed by atoms with E-state index in [0.717, 1.165) is 25.7 Å². The number of nitrogens with zero attached hydrogens (tertiary/aromatic N) is 1. The molecule has 6 nitrogen and oxygen atoms in total. The van der Waals surface area contributed by atoms with Crippen LogP contribution in [0.15, 0.2) is 48.8 Å². The summed E-state index contributed by atoms with van der Waals surface area (Å²) in [5.41, 5.74) is 1.25. The highest BCUT2D eigenvalue weighted by Gasteiger charge is 2.27. The summed E-state index contributed by atoms with van der Waals surface area (Å²) in [5, 5.41) is 5.96. The zero-order chi connectivity index (χ0) is 18.4. The molecule has 0 radical (unpaired) electrons. The van der Waals surface area contributed by atoms with Crippen LogP contribution in [0, 0.1) is 5.92 Å². The van der Waals surface area contributed by atoms with Crippen molar-refractivity contribution in [3.05, 3.63) is 54.4 Å². The lowest BCUT2D eigenvalue weighted by Crippen LogP contribution is -2.39. The number of nitrogens with one attached hydrogen (secondary N) is 2. The molecule has 1 heterocycles. The molecule has 26 heavy (non-hydrogen) atoms. The first-order chi connectivity index (χ1) is 12.7. The van der Waals surface area contributed by atoms with Crippen LogP contribution >= 0.6 is 0 Å². The number of hydrogen-bond acceptors (Lipinski definition) is 4. The van der Waals surface area contributed by atoms with E-state index in [1.54, 1.807) is 37.7 Å². The predicted octanol–water partition coefficient (Wildman–Crippen LogP) is 3.02. The molecule has 1 saturated carbocycles. The Morgan fingerprint density at radius 3 is 2.54 bits per heavy atom. The molecule has 1 aromatic heterocycles. The molecule has 136 valence electrons. The lowest BCUT2D eigenvalue weighted by Gasteiger charge is -2.28. The average molecular weight is 353 g/mol. The van der Waals surface area contributed by atoms with E-state index in [1.807, 2.05) is 18.2 Å². The Morgan fingerprint density at radius 1 is 1.08 bits per heavy atom. The summed E-state index contributed by atoms with van der Waals surface area (Å²) >= 11 is 0. The van der Waals surface area contributed by atoms with Gasteiger partial charge < -0.3 is 15.4 Å². The van der Waals surface area contributed by atoms with Crippen LogP contribution in [-0.4, -0.2) is 29.9 Å². The second kappa shape index (κ2) is 8.47. The van der Waals surface area contributed by atoms with E-state index in [0.29, 0.717) is 17.0 Å². The van der Waals surface area contributed by atoms with Gasteiger partial charge in [0, 0.05) is 18.2 Å². The Kier molecular flexibility index (Phi) is 5.84. The highest BCUT2D eigenvalue weighted by molar-refractivity contribution is 5.97. The monoisotopic (exact) mass is 353 g/mol. The largest absolute Gasteiger partial charge is 0.496 e. The van der Waals surface area contributed by atoms with Crippen molar-refractivity contribution in [2.45, 2.75) is 31.7 Å². The zero-order valence-electron chi connectivity index (χ0n) is 14.8. The van der Waals surface area contributed by atoms with Gasteiger partial charge in [-0.2, -0.15) is 0 Å². The highest BCUT2D eigenvalue weighted by atomic mass is 16.5. The Balaban J connectivity index is 1.50. The van der Waals surface area contributed by atoms with Crippen molar-refractivity contribution >= 4 is 17.5 Å². The molecule has 0 atom stereocenters. The molecule has 6 heteroatoms. The van der Waals surface area contributed by atoms with Gasteiger partial charge in [-0.05, 0) is 49.9 Å². The predicted molar refractivity (Wildman–Crippen MR) is 99.1 cm³/mol. The molecule has 3 rings (SSSR count). The van der Waals surface area contributed by atoms with Crippen LogP contribution < -0.4 is 15.4 Å². The van der Waals surface area contributed by atoms with E-state index in [9.17, 15) is 9.59 Å². The SMILES string of the molecule is COc1ccccc1C(=O)NC1CCC(C(=O)Nc2cccnc2)CC1. The Labute approximate surface area is 153 Å². The number of carbonyl (C=O) groups excluding carboxylic acids is 2. The van der Waals surface area contributed by atoms with Crippen molar-refractivity contribution in [2.75, 3.05) is 12.4 Å². The third-order valence-electron chi connectivity index (χ3n) is 4.71. The number of anilines is 1. The molecule has 1 aromatic carbocycles. The third kappa shape index (κ3) is 4.39. The number of hydrogen-bond donors (Lipinski definition) is 2. The molecular weight excluding hydrogens is 330 g/mol. The number of rotatable bonds is 5. The third-order valence-corrected chi connectivity index (χ3v) is 4.71. The van der Waals surface area contributed by atoms with Crippen molar-refractivity contribution in [2.24, 2.45) is 5.92 Å².